The third-order valence-electron chi connectivity index (χ3n) is 2.21. The van der Waals surface area contributed by atoms with Gasteiger partial charge in [0, 0.05) is 6.54 Å². The van der Waals surface area contributed by atoms with Crippen LogP contribution in [0.3, 0.4) is 0 Å². The van der Waals surface area contributed by atoms with Crippen molar-refractivity contribution >= 4 is 5.69 Å². The molecule has 0 saturated heterocycles. The molecule has 1 aromatic rings. The Bertz CT molecular complexity index is 280. The fraction of sp³-hybridized carbons (Fsp3) is 0.500. The lowest BCUT2D eigenvalue weighted by Crippen LogP contribution is -2.34. The second-order valence-electron chi connectivity index (χ2n) is 4.92. The van der Waals surface area contributed by atoms with Crippen molar-refractivity contribution < 1.29 is 0 Å². The average molecular weight is 193 g/mol. The van der Waals surface area contributed by atoms with Gasteiger partial charge in [0.25, 0.3) is 0 Å². The van der Waals surface area contributed by atoms with Gasteiger partial charge in [0.15, 0.2) is 0 Å². The second kappa shape index (κ2) is 4.11. The van der Waals surface area contributed by atoms with Gasteiger partial charge in [-0.25, -0.2) is 0 Å². The molecule has 2 heteroatoms. The van der Waals surface area contributed by atoms with Crippen molar-refractivity contribution in [2.75, 3.05) is 35.2 Å². The maximum atomic E-state index is 2.21. The topological polar surface area (TPSA) is 3.24 Å². The Morgan fingerprint density at radius 1 is 1.00 bits per heavy atom. The molecule has 78 valence electrons. The van der Waals surface area contributed by atoms with Crippen LogP contribution in [0.4, 0.5) is 5.69 Å². The van der Waals surface area contributed by atoms with E-state index in [9.17, 15) is 0 Å². The largest absolute Gasteiger partial charge is 0.305 e. The molecule has 0 spiro atoms. The van der Waals surface area contributed by atoms with Crippen LogP contribution in [-0.4, -0.2) is 40.1 Å². The monoisotopic (exact) mass is 193 g/mol. The zero-order valence-corrected chi connectivity index (χ0v) is 9.91. The van der Waals surface area contributed by atoms with Crippen molar-refractivity contribution in [3.63, 3.8) is 0 Å². The molecule has 0 fully saturated rings. The van der Waals surface area contributed by atoms with E-state index in [0.29, 0.717) is 0 Å². The van der Waals surface area contributed by atoms with E-state index in [4.69, 9.17) is 0 Å². The first kappa shape index (κ1) is 11.2. The van der Waals surface area contributed by atoms with Crippen LogP contribution in [0.15, 0.2) is 24.3 Å². The maximum absolute atomic E-state index is 2.21. The lowest BCUT2D eigenvalue weighted by Gasteiger charge is -2.23. The van der Waals surface area contributed by atoms with E-state index in [0.717, 1.165) is 11.0 Å². The predicted octanol–water partition coefficient (Wildman–Crippen LogP) is 1.94. The molecule has 0 amide bonds. The van der Waals surface area contributed by atoms with Crippen molar-refractivity contribution in [2.24, 2.45) is 0 Å². The minimum Gasteiger partial charge on any atom is -0.305 e. The molecule has 0 saturated carbocycles. The molecular weight excluding hydrogens is 172 g/mol. The first-order valence-electron chi connectivity index (χ1n) is 4.95. The number of benzene rings is 1. The van der Waals surface area contributed by atoms with Gasteiger partial charge in [-0.1, -0.05) is 12.1 Å². The fourth-order valence-corrected chi connectivity index (χ4v) is 1.41. The highest BCUT2D eigenvalue weighted by Gasteiger charge is 2.10. The van der Waals surface area contributed by atoms with Gasteiger partial charge in [-0.2, -0.15) is 0 Å². The molecular formula is C12H21N2+. The van der Waals surface area contributed by atoms with Crippen LogP contribution in [-0.2, 0) is 6.54 Å². The highest BCUT2D eigenvalue weighted by atomic mass is 15.3. The van der Waals surface area contributed by atoms with Gasteiger partial charge < -0.3 is 4.90 Å². The maximum Gasteiger partial charge on any atom is 0.132 e. The summed E-state index contributed by atoms with van der Waals surface area (Å²) >= 11 is 0. The van der Waals surface area contributed by atoms with Crippen LogP contribution in [0, 0.1) is 0 Å². The number of quaternary nitrogens is 1. The minimum absolute atomic E-state index is 0.877. The van der Waals surface area contributed by atoms with Crippen molar-refractivity contribution in [2.45, 2.75) is 6.54 Å². The van der Waals surface area contributed by atoms with Gasteiger partial charge >= 0.3 is 0 Å². The Hall–Kier alpha value is -0.860. The third kappa shape index (κ3) is 3.13. The van der Waals surface area contributed by atoms with E-state index in [1.54, 1.807) is 0 Å². The smallest absolute Gasteiger partial charge is 0.132 e. The van der Waals surface area contributed by atoms with E-state index in [1.807, 2.05) is 0 Å². The highest BCUT2D eigenvalue weighted by Crippen LogP contribution is 2.17. The highest BCUT2D eigenvalue weighted by molar-refractivity contribution is 5.42. The summed E-state index contributed by atoms with van der Waals surface area (Å²) in [4.78, 5) is 2.18. The molecule has 0 aliphatic carbocycles. The Labute approximate surface area is 87.4 Å². The Morgan fingerprint density at radius 3 is 1.86 bits per heavy atom. The molecule has 2 nitrogen and oxygen atoms in total. The van der Waals surface area contributed by atoms with Crippen LogP contribution in [0.1, 0.15) is 5.56 Å². The summed E-state index contributed by atoms with van der Waals surface area (Å²) in [7, 11) is 10.7. The van der Waals surface area contributed by atoms with Crippen LogP contribution >= 0.6 is 0 Å². The molecule has 0 radical (unpaired) electrons. The van der Waals surface area contributed by atoms with E-state index in [-0.39, 0.29) is 0 Å². The molecule has 14 heavy (non-hydrogen) atoms. The average Bonchev–Trinajstić information content (AvgIpc) is 2.02. The quantitative estimate of drug-likeness (QED) is 0.663. The molecule has 0 aliphatic heterocycles. The van der Waals surface area contributed by atoms with E-state index >= 15 is 0 Å². The molecule has 0 unspecified atom stereocenters. The van der Waals surface area contributed by atoms with Crippen molar-refractivity contribution in [1.82, 2.24) is 9.38 Å². The number of nitrogens with zero attached hydrogens (tertiary/aromatic N) is 2. The number of rotatable bonds is 3. The van der Waals surface area contributed by atoms with Crippen LogP contribution in [0.5, 0.6) is 0 Å². The van der Waals surface area contributed by atoms with Gasteiger partial charge in [-0.05, 0) is 31.8 Å². The summed E-state index contributed by atoms with van der Waals surface area (Å²) in [5.41, 5.74) is 2.71. The van der Waals surface area contributed by atoms with E-state index in [1.165, 1.54) is 11.3 Å². The van der Waals surface area contributed by atoms with Gasteiger partial charge in [-0.15, -0.1) is 0 Å². The molecule has 1 rings (SSSR count). The van der Waals surface area contributed by atoms with Crippen molar-refractivity contribution in [3.05, 3.63) is 29.8 Å². The van der Waals surface area contributed by atoms with E-state index in [2.05, 4.69) is 64.4 Å². The zero-order valence-electron chi connectivity index (χ0n) is 9.91. The summed E-state index contributed by atoms with van der Waals surface area (Å²) in [5, 5.41) is 0. The molecule has 0 aromatic heterocycles. The van der Waals surface area contributed by atoms with E-state index < -0.39 is 0 Å². The molecule has 0 bridgehead atoms. The Morgan fingerprint density at radius 2 is 1.50 bits per heavy atom. The predicted molar refractivity (Wildman–Crippen MR) is 63.4 cm³/mol. The number of hydrogen-bond donors (Lipinski definition) is 0. The molecule has 1 aromatic carbocycles. The normalized spacial score (nSPS) is 12.1. The molecule has 0 atom stereocenters. The lowest BCUT2D eigenvalue weighted by molar-refractivity contribution is 0.402. The van der Waals surface area contributed by atoms with Crippen LogP contribution < -0.4 is 4.48 Å². The minimum atomic E-state index is 0.877. The Kier molecular flexibility index (Phi) is 3.29. The first-order valence-corrected chi connectivity index (χ1v) is 4.95. The van der Waals surface area contributed by atoms with Gasteiger partial charge in [0.1, 0.15) is 5.69 Å². The lowest BCUT2D eigenvalue weighted by atomic mass is 10.2. The molecule has 0 aliphatic rings. The summed E-state index contributed by atoms with van der Waals surface area (Å²) < 4.78 is 0.877. The van der Waals surface area contributed by atoms with Crippen molar-refractivity contribution in [3.8, 4) is 0 Å². The summed E-state index contributed by atoms with van der Waals surface area (Å²) in [6, 6.07) is 8.83. The standard InChI is InChI=1S/C12H21N2/c1-13(2)10-11-6-8-12(9-7-11)14(3,4)5/h6-9H,10H2,1-5H3/q+1. The summed E-state index contributed by atoms with van der Waals surface area (Å²) in [6.07, 6.45) is 0. The Balaban J connectivity index is 2.79. The zero-order chi connectivity index (χ0) is 10.8. The molecule has 0 heterocycles. The molecule has 0 N–H and O–H groups in total. The second-order valence-corrected chi connectivity index (χ2v) is 4.92. The first-order chi connectivity index (χ1) is 6.39. The van der Waals surface area contributed by atoms with Crippen molar-refractivity contribution in [1.29, 1.82) is 0 Å². The van der Waals surface area contributed by atoms with Gasteiger partial charge in [0.05, 0.1) is 21.1 Å². The number of hydrogen-bond acceptors (Lipinski definition) is 1. The summed E-state index contributed by atoms with van der Waals surface area (Å²) in [5.74, 6) is 0. The summed E-state index contributed by atoms with van der Waals surface area (Å²) in [6.45, 7) is 1.01. The SMILES string of the molecule is CN(C)Cc1ccc([N+](C)(C)C)cc1. The van der Waals surface area contributed by atoms with Crippen LogP contribution in [0.2, 0.25) is 0 Å². The van der Waals surface area contributed by atoms with Gasteiger partial charge in [-0.3, -0.25) is 4.48 Å². The fourth-order valence-electron chi connectivity index (χ4n) is 1.41. The van der Waals surface area contributed by atoms with Gasteiger partial charge in [0.2, 0.25) is 0 Å². The van der Waals surface area contributed by atoms with Crippen LogP contribution in [0.25, 0.3) is 0 Å². The third-order valence-corrected chi connectivity index (χ3v) is 2.21.